The monoisotopic (exact) mass is 466 g/mol. The lowest BCUT2D eigenvalue weighted by Crippen LogP contribution is -1.95. The first-order valence-electron chi connectivity index (χ1n) is 11.2. The van der Waals surface area contributed by atoms with E-state index in [2.05, 4.69) is 12.1 Å². The Morgan fingerprint density at radius 1 is 0.531 bits per heavy atom. The van der Waals surface area contributed by atoms with Crippen molar-refractivity contribution in [3.8, 4) is 22.6 Å². The Morgan fingerprint density at radius 3 is 1.28 bits per heavy atom. The third-order valence-electron chi connectivity index (χ3n) is 6.13. The van der Waals surface area contributed by atoms with Crippen LogP contribution in [0.4, 0.5) is 0 Å². The zero-order valence-electron chi connectivity index (χ0n) is 18.1. The fourth-order valence-corrected chi connectivity index (χ4v) is 5.01. The highest BCUT2D eigenvalue weighted by Crippen LogP contribution is 2.46. The number of aromatic hydroxyl groups is 2. The van der Waals surface area contributed by atoms with Crippen LogP contribution in [0, 0.1) is 0 Å². The summed E-state index contributed by atoms with van der Waals surface area (Å²) in [5, 5.41) is 26.4. The average Bonchev–Trinajstić information content (AvgIpc) is 2.81. The molecule has 0 bridgehead atoms. The maximum atomic E-state index is 11.2. The third kappa shape index (κ3) is 4.53. The smallest absolute Gasteiger partial charge is 0.124 e. The van der Waals surface area contributed by atoms with E-state index < -0.39 is 0 Å². The van der Waals surface area contributed by atoms with Crippen LogP contribution in [0.2, 0.25) is 0 Å². The van der Waals surface area contributed by atoms with Gasteiger partial charge in [0, 0.05) is 22.9 Å². The molecule has 0 aliphatic rings. The second-order valence-electron chi connectivity index (χ2n) is 8.24. The van der Waals surface area contributed by atoms with Crippen molar-refractivity contribution in [2.45, 2.75) is 38.5 Å². The Kier molecular flexibility index (Phi) is 7.44. The van der Waals surface area contributed by atoms with Crippen molar-refractivity contribution in [3.05, 3.63) is 71.8 Å². The minimum Gasteiger partial charge on any atom is -0.507 e. The molecule has 4 aromatic carbocycles. The summed E-state index contributed by atoms with van der Waals surface area (Å²) in [5.41, 5.74) is 3.58. The molecule has 4 heteroatoms. The average molecular weight is 467 g/mol. The molecule has 4 aromatic rings. The van der Waals surface area contributed by atoms with Gasteiger partial charge in [-0.25, -0.2) is 0 Å². The highest BCUT2D eigenvalue weighted by Gasteiger charge is 2.20. The summed E-state index contributed by atoms with van der Waals surface area (Å²) in [7, 11) is 0. The van der Waals surface area contributed by atoms with Crippen LogP contribution in [0.3, 0.4) is 0 Å². The lowest BCUT2D eigenvalue weighted by molar-refractivity contribution is 0.469. The van der Waals surface area contributed by atoms with Crippen molar-refractivity contribution in [2.75, 3.05) is 11.8 Å². The topological polar surface area (TPSA) is 40.5 Å². The number of unbranched alkanes of at least 4 members (excludes halogenated alkanes) is 2. The molecule has 0 unspecified atom stereocenters. The van der Waals surface area contributed by atoms with Crippen molar-refractivity contribution in [1.82, 2.24) is 0 Å². The van der Waals surface area contributed by atoms with Crippen LogP contribution in [0.15, 0.2) is 60.7 Å². The Hall–Kier alpha value is -2.42. The van der Waals surface area contributed by atoms with Crippen LogP contribution >= 0.6 is 23.2 Å². The molecule has 0 atom stereocenters. The number of halogens is 2. The third-order valence-corrected chi connectivity index (χ3v) is 6.66. The van der Waals surface area contributed by atoms with Crippen LogP contribution in [0.1, 0.15) is 36.8 Å². The molecule has 32 heavy (non-hydrogen) atoms. The van der Waals surface area contributed by atoms with Crippen LogP contribution in [-0.4, -0.2) is 22.0 Å². The second-order valence-corrected chi connectivity index (χ2v) is 9.00. The van der Waals surface area contributed by atoms with E-state index in [9.17, 15) is 10.2 Å². The first-order chi connectivity index (χ1) is 15.7. The van der Waals surface area contributed by atoms with Crippen molar-refractivity contribution < 1.29 is 10.2 Å². The molecule has 0 radical (unpaired) electrons. The first kappa shape index (κ1) is 22.8. The maximum Gasteiger partial charge on any atom is 0.124 e. The number of fused-ring (bicyclic) bond motifs is 2. The Balaban J connectivity index is 1.92. The molecule has 2 nitrogen and oxygen atoms in total. The summed E-state index contributed by atoms with van der Waals surface area (Å²) >= 11 is 11.7. The summed E-state index contributed by atoms with van der Waals surface area (Å²) in [6.45, 7) is 0. The minimum absolute atomic E-state index is 0.194. The van der Waals surface area contributed by atoms with Gasteiger partial charge in [-0.05, 0) is 83.3 Å². The standard InChI is InChI=1S/C28H28Cl2O2/c29-15-7-5-9-19-17-25(31)27(23-13-3-1-11-21(19)23)28-24-14-4-2-12-22(24)20(18-26(28)32)10-6-8-16-30/h1-4,11-14,17-18,31-32H,5-10,15-16H2. The number of hydrogen-bond donors (Lipinski definition) is 2. The fraction of sp³-hybridized carbons (Fsp3) is 0.286. The molecule has 0 aliphatic heterocycles. The van der Waals surface area contributed by atoms with Gasteiger partial charge in [-0.15, -0.1) is 23.2 Å². The summed E-state index contributed by atoms with van der Waals surface area (Å²) in [4.78, 5) is 0. The highest BCUT2D eigenvalue weighted by molar-refractivity contribution is 6.18. The molecule has 0 amide bonds. The van der Waals surface area contributed by atoms with E-state index in [1.54, 1.807) is 0 Å². The maximum absolute atomic E-state index is 11.2. The van der Waals surface area contributed by atoms with Crippen LogP contribution in [-0.2, 0) is 12.8 Å². The zero-order chi connectivity index (χ0) is 22.5. The predicted octanol–water partition coefficient (Wildman–Crippen LogP) is 8.19. The second kappa shape index (κ2) is 10.5. The zero-order valence-corrected chi connectivity index (χ0v) is 19.6. The number of rotatable bonds is 9. The Labute approximate surface area is 199 Å². The number of aryl methyl sites for hydroxylation is 2. The Bertz CT molecular complexity index is 1140. The number of hydrogen-bond acceptors (Lipinski definition) is 2. The normalized spacial score (nSPS) is 11.4. The van der Waals surface area contributed by atoms with Gasteiger partial charge in [0.25, 0.3) is 0 Å². The molecule has 0 spiro atoms. The van der Waals surface area contributed by atoms with Gasteiger partial charge < -0.3 is 10.2 Å². The molecule has 166 valence electrons. The number of alkyl halides is 2. The van der Waals surface area contributed by atoms with Gasteiger partial charge >= 0.3 is 0 Å². The van der Waals surface area contributed by atoms with Gasteiger partial charge in [-0.1, -0.05) is 48.5 Å². The number of phenolic OH excluding ortho intramolecular Hbond substituents is 2. The molecule has 0 aliphatic carbocycles. The molecule has 0 heterocycles. The Morgan fingerprint density at radius 2 is 0.906 bits per heavy atom. The lowest BCUT2D eigenvalue weighted by atomic mass is 9.87. The van der Waals surface area contributed by atoms with Crippen molar-refractivity contribution in [2.24, 2.45) is 0 Å². The van der Waals surface area contributed by atoms with Gasteiger partial charge in [0.05, 0.1) is 0 Å². The van der Waals surface area contributed by atoms with E-state index >= 15 is 0 Å². The molecule has 4 rings (SSSR count). The SMILES string of the molecule is Oc1cc(CCCCCl)c2ccccc2c1-c1c(O)cc(CCCCCl)c2ccccc12. The fourth-order valence-electron chi connectivity index (χ4n) is 4.63. The highest BCUT2D eigenvalue weighted by atomic mass is 35.5. The van der Waals surface area contributed by atoms with Crippen molar-refractivity contribution >= 4 is 44.7 Å². The number of phenols is 2. The van der Waals surface area contributed by atoms with E-state index in [1.807, 2.05) is 48.5 Å². The van der Waals surface area contributed by atoms with E-state index in [-0.39, 0.29) is 11.5 Å². The molecular formula is C28H28Cl2O2. The molecule has 0 saturated heterocycles. The van der Waals surface area contributed by atoms with E-state index in [0.29, 0.717) is 22.9 Å². The van der Waals surface area contributed by atoms with Gasteiger partial charge in [0.2, 0.25) is 0 Å². The van der Waals surface area contributed by atoms with E-state index in [4.69, 9.17) is 23.2 Å². The lowest BCUT2D eigenvalue weighted by Gasteiger charge is -2.18. The summed E-state index contributed by atoms with van der Waals surface area (Å²) in [5.74, 6) is 1.66. The first-order valence-corrected chi connectivity index (χ1v) is 12.3. The number of benzene rings is 4. The largest absolute Gasteiger partial charge is 0.507 e. The summed E-state index contributed by atoms with van der Waals surface area (Å²) in [6, 6.07) is 19.9. The van der Waals surface area contributed by atoms with Crippen LogP contribution in [0.25, 0.3) is 32.7 Å². The van der Waals surface area contributed by atoms with Crippen molar-refractivity contribution in [3.63, 3.8) is 0 Å². The predicted molar refractivity (Wildman–Crippen MR) is 138 cm³/mol. The molecule has 2 N–H and O–H groups in total. The van der Waals surface area contributed by atoms with Gasteiger partial charge in [0.15, 0.2) is 0 Å². The van der Waals surface area contributed by atoms with Crippen LogP contribution in [0.5, 0.6) is 11.5 Å². The molecule has 0 aromatic heterocycles. The quantitative estimate of drug-likeness (QED) is 0.192. The molecule has 0 saturated carbocycles. The van der Waals surface area contributed by atoms with Crippen molar-refractivity contribution in [1.29, 1.82) is 0 Å². The van der Waals surface area contributed by atoms with Gasteiger partial charge in [-0.3, -0.25) is 0 Å². The molecule has 0 fully saturated rings. The van der Waals surface area contributed by atoms with Gasteiger partial charge in [0.1, 0.15) is 11.5 Å². The van der Waals surface area contributed by atoms with E-state index in [0.717, 1.165) is 71.2 Å². The summed E-state index contributed by atoms with van der Waals surface area (Å²) in [6.07, 6.45) is 5.53. The van der Waals surface area contributed by atoms with E-state index in [1.165, 1.54) is 0 Å². The molecular weight excluding hydrogens is 439 g/mol. The van der Waals surface area contributed by atoms with Gasteiger partial charge in [-0.2, -0.15) is 0 Å². The minimum atomic E-state index is 0.194. The summed E-state index contributed by atoms with van der Waals surface area (Å²) < 4.78 is 0. The van der Waals surface area contributed by atoms with Crippen LogP contribution < -0.4 is 0 Å².